The zero-order valence-corrected chi connectivity index (χ0v) is 16.9. The first-order valence-electron chi connectivity index (χ1n) is 10.2. The van der Waals surface area contributed by atoms with Gasteiger partial charge in [-0.3, -0.25) is 9.69 Å². The van der Waals surface area contributed by atoms with E-state index < -0.39 is 11.7 Å². The summed E-state index contributed by atoms with van der Waals surface area (Å²) < 4.78 is 38.6. The fraction of sp³-hybridized carbons (Fsp3) is 0.667. The fourth-order valence-electron chi connectivity index (χ4n) is 3.30. The highest BCUT2D eigenvalue weighted by atomic mass is 19.4. The number of halogens is 3. The SMILES string of the molecule is CC(C)CCC(=O)NCCCCN1CCN(c2cccc(C(F)(F)F)c2)CC1. The molecule has 0 unspecified atom stereocenters. The Morgan fingerprint density at radius 2 is 1.86 bits per heavy atom. The molecule has 1 saturated heterocycles. The summed E-state index contributed by atoms with van der Waals surface area (Å²) in [5.74, 6) is 0.670. The molecule has 0 aliphatic carbocycles. The third kappa shape index (κ3) is 7.70. The van der Waals surface area contributed by atoms with Gasteiger partial charge in [-0.05, 0) is 49.9 Å². The molecule has 0 atom stereocenters. The van der Waals surface area contributed by atoms with Crippen molar-refractivity contribution in [3.05, 3.63) is 29.8 Å². The molecule has 7 heteroatoms. The molecule has 1 N–H and O–H groups in total. The Morgan fingerprint density at radius 3 is 2.50 bits per heavy atom. The van der Waals surface area contributed by atoms with E-state index in [4.69, 9.17) is 0 Å². The minimum absolute atomic E-state index is 0.128. The summed E-state index contributed by atoms with van der Waals surface area (Å²) in [5, 5.41) is 2.96. The van der Waals surface area contributed by atoms with Crippen LogP contribution >= 0.6 is 0 Å². The van der Waals surface area contributed by atoms with Gasteiger partial charge < -0.3 is 10.2 Å². The van der Waals surface area contributed by atoms with Crippen LogP contribution in [0.25, 0.3) is 0 Å². The van der Waals surface area contributed by atoms with E-state index in [0.29, 0.717) is 24.6 Å². The maximum Gasteiger partial charge on any atom is 0.416 e. The first-order chi connectivity index (χ1) is 13.3. The zero-order chi connectivity index (χ0) is 20.6. The number of unbranched alkanes of at least 4 members (excludes halogenated alkanes) is 1. The number of nitrogens with zero attached hydrogens (tertiary/aromatic N) is 2. The normalized spacial score (nSPS) is 15.9. The zero-order valence-electron chi connectivity index (χ0n) is 16.9. The molecule has 0 spiro atoms. The Bertz CT molecular complexity index is 611. The quantitative estimate of drug-likeness (QED) is 0.634. The third-order valence-corrected chi connectivity index (χ3v) is 5.08. The van der Waals surface area contributed by atoms with E-state index in [1.165, 1.54) is 12.1 Å². The number of anilines is 1. The van der Waals surface area contributed by atoms with Crippen molar-refractivity contribution in [2.75, 3.05) is 44.2 Å². The summed E-state index contributed by atoms with van der Waals surface area (Å²) in [6, 6.07) is 5.56. The molecule has 158 valence electrons. The van der Waals surface area contributed by atoms with Crippen LogP contribution in [0.2, 0.25) is 0 Å². The van der Waals surface area contributed by atoms with Gasteiger partial charge in [0.15, 0.2) is 0 Å². The molecule has 0 bridgehead atoms. The van der Waals surface area contributed by atoms with Gasteiger partial charge in [0.25, 0.3) is 0 Å². The number of hydrogen-bond acceptors (Lipinski definition) is 3. The molecule has 0 aromatic heterocycles. The van der Waals surface area contributed by atoms with E-state index in [9.17, 15) is 18.0 Å². The van der Waals surface area contributed by atoms with Gasteiger partial charge in [-0.15, -0.1) is 0 Å². The molecule has 0 radical (unpaired) electrons. The molecule has 1 aromatic rings. The molecule has 1 heterocycles. The number of benzene rings is 1. The highest BCUT2D eigenvalue weighted by Crippen LogP contribution is 2.31. The van der Waals surface area contributed by atoms with Gasteiger partial charge in [0.05, 0.1) is 5.56 Å². The third-order valence-electron chi connectivity index (χ3n) is 5.08. The second-order valence-corrected chi connectivity index (χ2v) is 7.87. The molecule has 28 heavy (non-hydrogen) atoms. The van der Waals surface area contributed by atoms with Crippen LogP contribution < -0.4 is 10.2 Å². The predicted octanol–water partition coefficient (Wildman–Crippen LogP) is 4.16. The number of carbonyl (C=O) groups excluding carboxylic acids is 1. The van der Waals surface area contributed by atoms with Gasteiger partial charge in [0, 0.05) is 44.8 Å². The Labute approximate surface area is 166 Å². The lowest BCUT2D eigenvalue weighted by Gasteiger charge is -2.36. The second kappa shape index (κ2) is 10.7. The summed E-state index contributed by atoms with van der Waals surface area (Å²) in [4.78, 5) is 16.0. The predicted molar refractivity (Wildman–Crippen MR) is 106 cm³/mol. The van der Waals surface area contributed by atoms with Gasteiger partial charge in [-0.2, -0.15) is 13.2 Å². The van der Waals surface area contributed by atoms with Crippen molar-refractivity contribution in [3.8, 4) is 0 Å². The lowest BCUT2D eigenvalue weighted by molar-refractivity contribution is -0.137. The molecule has 1 amide bonds. The Balaban J connectivity index is 1.63. The first-order valence-corrected chi connectivity index (χ1v) is 10.2. The lowest BCUT2D eigenvalue weighted by Crippen LogP contribution is -2.46. The van der Waals surface area contributed by atoms with Crippen molar-refractivity contribution in [2.45, 2.75) is 45.7 Å². The average Bonchev–Trinajstić information content (AvgIpc) is 2.66. The van der Waals surface area contributed by atoms with Gasteiger partial charge in [-0.1, -0.05) is 19.9 Å². The van der Waals surface area contributed by atoms with Crippen molar-refractivity contribution in [1.29, 1.82) is 0 Å². The summed E-state index contributed by atoms with van der Waals surface area (Å²) in [6.45, 7) is 9.04. The monoisotopic (exact) mass is 399 g/mol. The minimum atomic E-state index is -4.30. The van der Waals surface area contributed by atoms with E-state index in [1.54, 1.807) is 6.07 Å². The van der Waals surface area contributed by atoms with Crippen LogP contribution in [0.3, 0.4) is 0 Å². The topological polar surface area (TPSA) is 35.6 Å². The molecular formula is C21H32F3N3O. The van der Waals surface area contributed by atoms with Crippen LogP contribution in [0.5, 0.6) is 0 Å². The molecule has 1 aromatic carbocycles. The molecule has 1 aliphatic heterocycles. The molecule has 2 rings (SSSR count). The van der Waals surface area contributed by atoms with Crippen LogP contribution in [-0.2, 0) is 11.0 Å². The van der Waals surface area contributed by atoms with Gasteiger partial charge in [0.2, 0.25) is 5.91 Å². The number of rotatable bonds is 9. The van der Waals surface area contributed by atoms with Crippen LogP contribution in [-0.4, -0.2) is 50.1 Å². The van der Waals surface area contributed by atoms with Crippen LogP contribution in [0.15, 0.2) is 24.3 Å². The number of piperazine rings is 1. The Morgan fingerprint density at radius 1 is 1.14 bits per heavy atom. The summed E-state index contributed by atoms with van der Waals surface area (Å²) >= 11 is 0. The summed E-state index contributed by atoms with van der Waals surface area (Å²) in [7, 11) is 0. The van der Waals surface area contributed by atoms with Gasteiger partial charge in [0.1, 0.15) is 0 Å². The van der Waals surface area contributed by atoms with Gasteiger partial charge >= 0.3 is 6.18 Å². The van der Waals surface area contributed by atoms with E-state index in [1.807, 2.05) is 4.90 Å². The van der Waals surface area contributed by atoms with Crippen LogP contribution in [0, 0.1) is 5.92 Å². The van der Waals surface area contributed by atoms with Crippen molar-refractivity contribution < 1.29 is 18.0 Å². The van der Waals surface area contributed by atoms with Crippen molar-refractivity contribution >= 4 is 11.6 Å². The highest BCUT2D eigenvalue weighted by Gasteiger charge is 2.31. The van der Waals surface area contributed by atoms with Crippen LogP contribution in [0.1, 0.15) is 45.1 Å². The van der Waals surface area contributed by atoms with Gasteiger partial charge in [-0.25, -0.2) is 0 Å². The van der Waals surface area contributed by atoms with Crippen molar-refractivity contribution in [1.82, 2.24) is 10.2 Å². The number of hydrogen-bond donors (Lipinski definition) is 1. The smallest absolute Gasteiger partial charge is 0.369 e. The Hall–Kier alpha value is -1.76. The van der Waals surface area contributed by atoms with E-state index in [0.717, 1.165) is 58.1 Å². The lowest BCUT2D eigenvalue weighted by atomic mass is 10.1. The second-order valence-electron chi connectivity index (χ2n) is 7.87. The van der Waals surface area contributed by atoms with Crippen molar-refractivity contribution in [3.63, 3.8) is 0 Å². The first kappa shape index (κ1) is 22.5. The molecule has 0 saturated carbocycles. The largest absolute Gasteiger partial charge is 0.416 e. The number of alkyl halides is 3. The molecular weight excluding hydrogens is 367 g/mol. The molecule has 4 nitrogen and oxygen atoms in total. The number of nitrogens with one attached hydrogen (secondary N) is 1. The van der Waals surface area contributed by atoms with E-state index >= 15 is 0 Å². The molecule has 1 fully saturated rings. The fourth-order valence-corrected chi connectivity index (χ4v) is 3.30. The van der Waals surface area contributed by atoms with E-state index in [-0.39, 0.29) is 5.91 Å². The minimum Gasteiger partial charge on any atom is -0.369 e. The maximum atomic E-state index is 12.9. The number of amides is 1. The summed E-state index contributed by atoms with van der Waals surface area (Å²) in [6.07, 6.45) is -0.839. The maximum absolute atomic E-state index is 12.9. The summed E-state index contributed by atoms with van der Waals surface area (Å²) in [5.41, 5.74) is 0.0430. The average molecular weight is 400 g/mol. The van der Waals surface area contributed by atoms with Crippen LogP contribution in [0.4, 0.5) is 18.9 Å². The van der Waals surface area contributed by atoms with Crippen molar-refractivity contribution in [2.24, 2.45) is 5.92 Å². The Kier molecular flexibility index (Phi) is 8.60. The standard InChI is InChI=1S/C21H32F3N3O/c1-17(2)8-9-20(28)25-10-3-4-11-26-12-14-27(15-13-26)19-7-5-6-18(16-19)21(22,23)24/h5-7,16-17H,3-4,8-15H2,1-2H3,(H,25,28). The highest BCUT2D eigenvalue weighted by molar-refractivity contribution is 5.75. The number of carbonyl (C=O) groups is 1. The van der Waals surface area contributed by atoms with E-state index in [2.05, 4.69) is 24.1 Å². The molecule has 1 aliphatic rings.